The van der Waals surface area contributed by atoms with Crippen LogP contribution in [0.25, 0.3) is 11.3 Å². The van der Waals surface area contributed by atoms with E-state index >= 15 is 4.39 Å². The van der Waals surface area contributed by atoms with Crippen molar-refractivity contribution in [2.75, 3.05) is 31.9 Å². The van der Waals surface area contributed by atoms with Crippen molar-refractivity contribution >= 4 is 11.7 Å². The van der Waals surface area contributed by atoms with Crippen LogP contribution in [-0.2, 0) is 6.42 Å². The van der Waals surface area contributed by atoms with Crippen molar-refractivity contribution in [3.8, 4) is 23.1 Å². The fraction of sp³-hybridized carbons (Fsp3) is 0.357. The number of carbonyl (C=O) groups excluding carboxylic acids is 1. The molecule has 7 nitrogen and oxygen atoms in total. The molecule has 3 aromatic rings. The molecule has 2 aromatic heterocycles. The molecule has 8 heteroatoms. The number of benzene rings is 1. The number of nitrogens with two attached hydrogens (primary N) is 1. The Kier molecular flexibility index (Phi) is 5.65. The summed E-state index contributed by atoms with van der Waals surface area (Å²) in [6.07, 6.45) is 3.00. The number of piperazine rings is 1. The van der Waals surface area contributed by atoms with Gasteiger partial charge in [0.15, 0.2) is 6.17 Å². The van der Waals surface area contributed by atoms with Gasteiger partial charge < -0.3 is 10.6 Å². The maximum absolute atomic E-state index is 16.3. The summed E-state index contributed by atoms with van der Waals surface area (Å²) >= 11 is 0. The van der Waals surface area contributed by atoms with Gasteiger partial charge in [-0.2, -0.15) is 0 Å². The number of anilines is 1. The number of halogens is 1. The molecule has 182 valence electrons. The van der Waals surface area contributed by atoms with E-state index in [0.29, 0.717) is 53.5 Å². The Morgan fingerprint density at radius 3 is 2.67 bits per heavy atom. The van der Waals surface area contributed by atoms with Gasteiger partial charge in [0.1, 0.15) is 12.1 Å². The fourth-order valence-corrected chi connectivity index (χ4v) is 5.12. The maximum atomic E-state index is 16.3. The van der Waals surface area contributed by atoms with Gasteiger partial charge in [-0.15, -0.1) is 0 Å². The lowest BCUT2D eigenvalue weighted by Crippen LogP contribution is -2.49. The first kappa shape index (κ1) is 22.6. The number of nitrogen functional groups attached to an aromatic ring is 1. The number of hydrogen-bond donors (Lipinski definition) is 1. The van der Waals surface area contributed by atoms with Crippen molar-refractivity contribution in [1.29, 1.82) is 0 Å². The van der Waals surface area contributed by atoms with Crippen molar-refractivity contribution in [3.05, 3.63) is 70.3 Å². The second-order valence-electron chi connectivity index (χ2n) is 9.54. The fourth-order valence-electron chi connectivity index (χ4n) is 5.12. The van der Waals surface area contributed by atoms with Crippen LogP contribution in [0.3, 0.4) is 0 Å². The molecule has 1 saturated heterocycles. The summed E-state index contributed by atoms with van der Waals surface area (Å²) in [4.78, 5) is 31.1. The summed E-state index contributed by atoms with van der Waals surface area (Å²) in [5, 5.41) is 0. The van der Waals surface area contributed by atoms with Gasteiger partial charge in [-0.3, -0.25) is 9.69 Å². The van der Waals surface area contributed by atoms with Gasteiger partial charge in [-0.1, -0.05) is 24.8 Å². The van der Waals surface area contributed by atoms with Crippen LogP contribution < -0.4 is 5.73 Å². The Hall–Kier alpha value is -3.83. The number of alkyl halides is 1. The first-order valence-electron chi connectivity index (χ1n) is 12.5. The molecule has 2 fully saturated rings. The second kappa shape index (κ2) is 8.99. The van der Waals surface area contributed by atoms with Crippen LogP contribution in [0.5, 0.6) is 0 Å². The van der Waals surface area contributed by atoms with Gasteiger partial charge in [0.25, 0.3) is 5.91 Å². The Bertz CT molecular complexity index is 1420. The van der Waals surface area contributed by atoms with Crippen molar-refractivity contribution in [3.63, 3.8) is 0 Å². The zero-order valence-electron chi connectivity index (χ0n) is 20.2. The Morgan fingerprint density at radius 2 is 1.92 bits per heavy atom. The molecule has 1 atom stereocenters. The predicted octanol–water partition coefficient (Wildman–Crippen LogP) is 3.38. The highest BCUT2D eigenvalue weighted by molar-refractivity contribution is 5.97. The topological polar surface area (TPSA) is 88.2 Å². The zero-order chi connectivity index (χ0) is 24.8. The molecular formula is C28H27FN6O. The molecule has 1 unspecified atom stereocenters. The van der Waals surface area contributed by atoms with Crippen molar-refractivity contribution in [1.82, 2.24) is 24.8 Å². The van der Waals surface area contributed by atoms with Gasteiger partial charge in [-0.05, 0) is 43.5 Å². The summed E-state index contributed by atoms with van der Waals surface area (Å²) in [5.74, 6) is 6.28. The quantitative estimate of drug-likeness (QED) is 0.576. The number of aryl methyl sites for hydroxylation is 1. The van der Waals surface area contributed by atoms with E-state index in [1.54, 1.807) is 24.3 Å². The highest BCUT2D eigenvalue weighted by Gasteiger charge is 2.34. The average molecular weight is 483 g/mol. The number of pyridine rings is 1. The minimum Gasteiger partial charge on any atom is -0.384 e. The molecule has 6 rings (SSSR count). The van der Waals surface area contributed by atoms with Gasteiger partial charge in [-0.25, -0.2) is 19.3 Å². The van der Waals surface area contributed by atoms with Crippen LogP contribution in [0.2, 0.25) is 0 Å². The van der Waals surface area contributed by atoms with E-state index in [2.05, 4.69) is 31.7 Å². The first-order valence-corrected chi connectivity index (χ1v) is 12.5. The monoisotopic (exact) mass is 482 g/mol. The zero-order valence-corrected chi connectivity index (χ0v) is 20.2. The molecular weight excluding hydrogens is 455 g/mol. The molecule has 3 heterocycles. The number of nitrogens with zero attached hydrogens (tertiary/aromatic N) is 5. The number of rotatable bonds is 3. The van der Waals surface area contributed by atoms with Crippen LogP contribution >= 0.6 is 0 Å². The minimum absolute atomic E-state index is 0.116. The van der Waals surface area contributed by atoms with Crippen molar-refractivity contribution < 1.29 is 9.18 Å². The van der Waals surface area contributed by atoms with E-state index in [9.17, 15) is 4.79 Å². The van der Waals surface area contributed by atoms with Crippen LogP contribution in [-0.4, -0.2) is 62.9 Å². The van der Waals surface area contributed by atoms with E-state index in [1.807, 2.05) is 17.9 Å². The first-order chi connectivity index (χ1) is 17.5. The molecule has 2 aliphatic carbocycles. The lowest BCUT2D eigenvalue weighted by molar-refractivity contribution is 0.0624. The largest absolute Gasteiger partial charge is 0.384 e. The number of aromatic nitrogens is 3. The van der Waals surface area contributed by atoms with Crippen LogP contribution in [0.4, 0.5) is 10.2 Å². The van der Waals surface area contributed by atoms with E-state index in [1.165, 1.54) is 19.2 Å². The molecule has 0 radical (unpaired) electrons. The van der Waals surface area contributed by atoms with Crippen LogP contribution in [0.15, 0.2) is 36.7 Å². The van der Waals surface area contributed by atoms with E-state index in [0.717, 1.165) is 18.8 Å². The molecule has 1 aromatic carbocycles. The molecule has 2 bridgehead atoms. The third-order valence-corrected chi connectivity index (χ3v) is 7.26. The van der Waals surface area contributed by atoms with E-state index in [4.69, 9.17) is 5.73 Å². The molecule has 0 spiro atoms. The summed E-state index contributed by atoms with van der Waals surface area (Å²) in [6, 6.07) is 9.21. The number of amides is 1. The van der Waals surface area contributed by atoms with Crippen LogP contribution in [0.1, 0.15) is 64.4 Å². The third kappa shape index (κ3) is 3.99. The highest BCUT2D eigenvalue weighted by atomic mass is 19.1. The average Bonchev–Trinajstić information content (AvgIpc) is 3.76. The lowest BCUT2D eigenvalue weighted by Gasteiger charge is -2.35. The number of hydrogen-bond acceptors (Lipinski definition) is 6. The Labute approximate surface area is 209 Å². The second-order valence-corrected chi connectivity index (χ2v) is 9.54. The van der Waals surface area contributed by atoms with Gasteiger partial charge >= 0.3 is 0 Å². The summed E-state index contributed by atoms with van der Waals surface area (Å²) in [5.41, 5.74) is 9.90. The molecule has 36 heavy (non-hydrogen) atoms. The standard InChI is InChI=1S/C28H27FN6O/c1-2-23-21-9-3-17-5-10-24(30)33-27(17)25(29)22-15-18(26(21)32-16-31-23)4-8-20(22)28(36)35-13-11-34(12-14-35)19-6-7-19/h4-5,8,10,15-16,19,25H,2,6-7,11-14H2,1H3,(H2,30,33). The van der Waals surface area contributed by atoms with Gasteiger partial charge in [0, 0.05) is 54.5 Å². The van der Waals surface area contributed by atoms with Crippen LogP contribution in [0, 0.1) is 11.8 Å². The van der Waals surface area contributed by atoms with Gasteiger partial charge in [0.05, 0.1) is 22.6 Å². The maximum Gasteiger partial charge on any atom is 0.254 e. The molecule has 1 amide bonds. The van der Waals surface area contributed by atoms with E-state index < -0.39 is 6.17 Å². The summed E-state index contributed by atoms with van der Waals surface area (Å²) in [7, 11) is 0. The SMILES string of the molecule is CCc1ncnc2c1C#Cc1ccc(N)nc1C(F)c1cc-2ccc1C(=O)N1CCN(C2CC2)CC1. The highest BCUT2D eigenvalue weighted by Crippen LogP contribution is 2.36. The van der Waals surface area contributed by atoms with Crippen molar-refractivity contribution in [2.45, 2.75) is 38.4 Å². The van der Waals surface area contributed by atoms with Crippen molar-refractivity contribution in [2.24, 2.45) is 0 Å². The summed E-state index contributed by atoms with van der Waals surface area (Å²) in [6.45, 7) is 4.98. The molecule has 2 N–H and O–H groups in total. The smallest absolute Gasteiger partial charge is 0.254 e. The molecule has 1 saturated carbocycles. The predicted molar refractivity (Wildman–Crippen MR) is 135 cm³/mol. The number of carbonyl (C=O) groups is 1. The molecule has 3 aliphatic rings. The number of fused-ring (bicyclic) bond motifs is 5. The minimum atomic E-state index is -1.67. The Balaban J connectivity index is 1.48. The summed E-state index contributed by atoms with van der Waals surface area (Å²) < 4.78 is 16.3. The van der Waals surface area contributed by atoms with E-state index in [-0.39, 0.29) is 23.0 Å². The van der Waals surface area contributed by atoms with Gasteiger partial charge in [0.2, 0.25) is 0 Å². The third-order valence-electron chi connectivity index (χ3n) is 7.26. The molecule has 1 aliphatic heterocycles. The Morgan fingerprint density at radius 1 is 1.11 bits per heavy atom. The normalized spacial score (nSPS) is 19.1. The lowest BCUT2D eigenvalue weighted by atomic mass is 9.92.